The monoisotopic (exact) mass is 189 g/mol. The van der Waals surface area contributed by atoms with Crippen molar-refractivity contribution in [3.63, 3.8) is 0 Å². The summed E-state index contributed by atoms with van der Waals surface area (Å²) in [5.74, 6) is -2.19. The molecule has 0 saturated carbocycles. The lowest BCUT2D eigenvalue weighted by Crippen LogP contribution is -2.51. The fraction of sp³-hybridized carbons (Fsp3) is 0.875. The molecule has 74 valence electrons. The Bertz CT molecular complexity index is 215. The molecule has 5 heteroatoms. The second-order valence-electron chi connectivity index (χ2n) is 3.48. The van der Waals surface area contributed by atoms with Crippen molar-refractivity contribution in [3.05, 3.63) is 5.21 Å². The van der Waals surface area contributed by atoms with E-state index in [2.05, 4.69) is 0 Å². The lowest BCUT2D eigenvalue weighted by molar-refractivity contribution is -0.0978. The van der Waals surface area contributed by atoms with Crippen molar-refractivity contribution < 1.29 is 8.78 Å². The molecule has 1 saturated heterocycles. The number of nitrogens with zero attached hydrogens (tertiary/aromatic N) is 2. The summed E-state index contributed by atoms with van der Waals surface area (Å²) in [6.07, 6.45) is -3.81. The lowest BCUT2D eigenvalue weighted by Gasteiger charge is -2.47. The molecule has 0 amide bonds. The van der Waals surface area contributed by atoms with Crippen LogP contribution in [0.1, 0.15) is 13.8 Å². The quantitative estimate of drug-likeness (QED) is 0.546. The van der Waals surface area contributed by atoms with Crippen LogP contribution in [0, 0.1) is 34.3 Å². The molecule has 0 bridgehead atoms. The van der Waals surface area contributed by atoms with Crippen LogP contribution in [0.25, 0.3) is 0 Å². The Morgan fingerprint density at radius 2 is 1.62 bits per heavy atom. The van der Waals surface area contributed by atoms with E-state index in [9.17, 15) is 14.0 Å². The van der Waals surface area contributed by atoms with Gasteiger partial charge >= 0.3 is 0 Å². The summed E-state index contributed by atoms with van der Waals surface area (Å²) in [4.78, 5) is 0. The third kappa shape index (κ3) is 1.52. The Labute approximate surface area is 75.5 Å². The fourth-order valence-electron chi connectivity index (χ4n) is 1.66. The van der Waals surface area contributed by atoms with Crippen molar-refractivity contribution in [2.75, 3.05) is 0 Å². The molecule has 3 nitrogen and oxygen atoms in total. The average Bonchev–Trinajstić information content (AvgIpc) is 2.13. The normalized spacial score (nSPS) is 47.2. The third-order valence-electron chi connectivity index (χ3n) is 2.64. The van der Waals surface area contributed by atoms with Crippen LogP contribution in [0.5, 0.6) is 0 Å². The molecule has 4 atom stereocenters. The van der Waals surface area contributed by atoms with Crippen LogP contribution in [-0.4, -0.2) is 17.7 Å². The predicted octanol–water partition coefficient (Wildman–Crippen LogP) is 1.80. The van der Waals surface area contributed by atoms with Crippen molar-refractivity contribution >= 4 is 0 Å². The topological polar surface area (TPSA) is 50.1 Å². The standard InChI is InChI=1S/C8H11F2N2O/c1-4-6(3-11)5(2)8(10)12(13)7(4)9/h4-8H,1-2H3/q-1. The van der Waals surface area contributed by atoms with E-state index in [0.29, 0.717) is 0 Å². The van der Waals surface area contributed by atoms with Crippen molar-refractivity contribution in [2.24, 2.45) is 17.8 Å². The predicted molar refractivity (Wildman–Crippen MR) is 42.4 cm³/mol. The third-order valence-corrected chi connectivity index (χ3v) is 2.64. The largest absolute Gasteiger partial charge is 0.781 e. The molecule has 1 aliphatic heterocycles. The molecule has 0 N–H and O–H groups in total. The lowest BCUT2D eigenvalue weighted by atomic mass is 9.80. The molecule has 0 aromatic carbocycles. The van der Waals surface area contributed by atoms with Gasteiger partial charge in [0.2, 0.25) is 0 Å². The minimum Gasteiger partial charge on any atom is -0.781 e. The van der Waals surface area contributed by atoms with Crippen LogP contribution in [0.15, 0.2) is 0 Å². The highest BCUT2D eigenvalue weighted by molar-refractivity contribution is 4.99. The zero-order chi connectivity index (χ0) is 10.2. The smallest absolute Gasteiger partial charge is 0.148 e. The molecule has 1 heterocycles. The van der Waals surface area contributed by atoms with Gasteiger partial charge in [0, 0.05) is 11.8 Å². The van der Waals surface area contributed by atoms with Crippen LogP contribution < -0.4 is 0 Å². The van der Waals surface area contributed by atoms with Gasteiger partial charge < -0.3 is 10.3 Å². The Morgan fingerprint density at radius 3 is 1.92 bits per heavy atom. The zero-order valence-corrected chi connectivity index (χ0v) is 7.45. The maximum Gasteiger partial charge on any atom is 0.148 e. The minimum atomic E-state index is -1.91. The molecule has 0 aromatic rings. The number of alkyl halides is 2. The van der Waals surface area contributed by atoms with Gasteiger partial charge in [0.1, 0.15) is 12.6 Å². The van der Waals surface area contributed by atoms with Gasteiger partial charge in [-0.15, -0.1) is 0 Å². The molecule has 0 radical (unpaired) electrons. The Hall–Kier alpha value is -0.730. The first-order chi connectivity index (χ1) is 6.00. The first-order valence-corrected chi connectivity index (χ1v) is 4.14. The molecule has 13 heavy (non-hydrogen) atoms. The molecule has 1 aliphatic rings. The summed E-state index contributed by atoms with van der Waals surface area (Å²) in [6.45, 7) is 2.90. The molecular weight excluding hydrogens is 178 g/mol. The van der Waals surface area contributed by atoms with E-state index in [1.807, 2.05) is 6.07 Å². The summed E-state index contributed by atoms with van der Waals surface area (Å²) >= 11 is 0. The number of hydrogen-bond acceptors (Lipinski definition) is 3. The van der Waals surface area contributed by atoms with Crippen LogP contribution in [0.2, 0.25) is 0 Å². The molecule has 1 fully saturated rings. The van der Waals surface area contributed by atoms with Gasteiger partial charge in [0.25, 0.3) is 0 Å². The first-order valence-electron chi connectivity index (χ1n) is 4.14. The van der Waals surface area contributed by atoms with Gasteiger partial charge in [-0.3, -0.25) is 0 Å². The summed E-state index contributed by atoms with van der Waals surface area (Å²) in [5, 5.41) is 19.3. The maximum atomic E-state index is 13.1. The summed E-state index contributed by atoms with van der Waals surface area (Å²) < 4.78 is 26.1. The Morgan fingerprint density at radius 1 is 1.23 bits per heavy atom. The maximum absolute atomic E-state index is 13.1. The van der Waals surface area contributed by atoms with Gasteiger partial charge in [0.15, 0.2) is 0 Å². The average molecular weight is 189 g/mol. The number of hydrogen-bond donors (Lipinski definition) is 0. The number of piperidine rings is 1. The van der Waals surface area contributed by atoms with E-state index >= 15 is 0 Å². The minimum absolute atomic E-state index is 0.191. The Balaban J connectivity index is 2.87. The number of hydroxylamine groups is 2. The van der Waals surface area contributed by atoms with E-state index in [-0.39, 0.29) is 5.06 Å². The van der Waals surface area contributed by atoms with Crippen molar-refractivity contribution in [1.29, 1.82) is 5.26 Å². The summed E-state index contributed by atoms with van der Waals surface area (Å²) in [6, 6.07) is 1.84. The number of halogens is 2. The van der Waals surface area contributed by atoms with Gasteiger partial charge in [-0.1, -0.05) is 13.8 Å². The van der Waals surface area contributed by atoms with Crippen molar-refractivity contribution in [1.82, 2.24) is 5.06 Å². The van der Waals surface area contributed by atoms with Gasteiger partial charge in [-0.25, -0.2) is 8.78 Å². The van der Waals surface area contributed by atoms with E-state index < -0.39 is 30.3 Å². The highest BCUT2D eigenvalue weighted by Crippen LogP contribution is 2.37. The molecule has 0 aliphatic carbocycles. The van der Waals surface area contributed by atoms with Crippen LogP contribution in [0.4, 0.5) is 8.78 Å². The van der Waals surface area contributed by atoms with E-state index in [1.54, 1.807) is 0 Å². The molecule has 0 aromatic heterocycles. The fourth-order valence-corrected chi connectivity index (χ4v) is 1.66. The van der Waals surface area contributed by atoms with E-state index in [1.165, 1.54) is 13.8 Å². The zero-order valence-electron chi connectivity index (χ0n) is 7.45. The first kappa shape index (κ1) is 10.4. The van der Waals surface area contributed by atoms with Gasteiger partial charge in [-0.2, -0.15) is 5.26 Å². The Kier molecular flexibility index (Phi) is 2.84. The van der Waals surface area contributed by atoms with Gasteiger partial charge in [-0.05, 0) is 0 Å². The second kappa shape index (κ2) is 3.56. The van der Waals surface area contributed by atoms with Crippen LogP contribution in [-0.2, 0) is 0 Å². The molecule has 1 rings (SSSR count). The number of nitriles is 1. The second-order valence-corrected chi connectivity index (χ2v) is 3.48. The highest BCUT2D eigenvalue weighted by atomic mass is 19.2. The van der Waals surface area contributed by atoms with Crippen molar-refractivity contribution in [3.8, 4) is 6.07 Å². The van der Waals surface area contributed by atoms with Crippen molar-refractivity contribution in [2.45, 2.75) is 26.4 Å². The molecule has 0 spiro atoms. The SMILES string of the molecule is CC1C(C#N)C(C)C(F)N([O-])C1F. The van der Waals surface area contributed by atoms with E-state index in [4.69, 9.17) is 5.26 Å². The number of rotatable bonds is 0. The van der Waals surface area contributed by atoms with E-state index in [0.717, 1.165) is 0 Å². The molecular formula is C8H11F2N2O-. The highest BCUT2D eigenvalue weighted by Gasteiger charge is 2.42. The molecule has 4 unspecified atom stereocenters. The van der Waals surface area contributed by atoms with Gasteiger partial charge in [0.05, 0.1) is 12.0 Å². The summed E-state index contributed by atoms with van der Waals surface area (Å²) in [5.41, 5.74) is 0. The summed E-state index contributed by atoms with van der Waals surface area (Å²) in [7, 11) is 0. The van der Waals surface area contributed by atoms with Crippen LogP contribution in [0.3, 0.4) is 0 Å². The van der Waals surface area contributed by atoms with Crippen LogP contribution >= 0.6 is 0 Å².